The monoisotopic (exact) mass is 349 g/mol. The van der Waals surface area contributed by atoms with Crippen LogP contribution in [0.15, 0.2) is 0 Å². The summed E-state index contributed by atoms with van der Waals surface area (Å²) in [7, 11) is -3.20. The van der Waals surface area contributed by atoms with Crippen molar-refractivity contribution in [2.45, 2.75) is 70.8 Å². The van der Waals surface area contributed by atoms with Gasteiger partial charge in [-0.2, -0.15) is 0 Å². The van der Waals surface area contributed by atoms with Crippen molar-refractivity contribution >= 4 is 15.9 Å². The van der Waals surface area contributed by atoms with E-state index in [0.717, 1.165) is 0 Å². The zero-order chi connectivity index (χ0) is 18.1. The highest BCUT2D eigenvalue weighted by atomic mass is 32.2. The molecule has 1 saturated heterocycles. The van der Waals surface area contributed by atoms with E-state index in [-0.39, 0.29) is 18.5 Å². The number of rotatable bonds is 4. The summed E-state index contributed by atoms with van der Waals surface area (Å²) in [5.41, 5.74) is -1.05. The third-order valence-electron chi connectivity index (χ3n) is 3.82. The highest BCUT2D eigenvalue weighted by molar-refractivity contribution is 7.92. The maximum atomic E-state index is 12.1. The van der Waals surface area contributed by atoms with Crippen molar-refractivity contribution in [3.63, 3.8) is 0 Å². The maximum absolute atomic E-state index is 12.1. The fraction of sp³-hybridized carbons (Fsp3) is 0.938. The predicted molar refractivity (Wildman–Crippen MR) is 90.3 cm³/mol. The molecule has 0 aromatic rings. The van der Waals surface area contributed by atoms with Gasteiger partial charge in [0.25, 0.3) is 0 Å². The molecule has 0 spiro atoms. The fourth-order valence-corrected chi connectivity index (χ4v) is 3.15. The Labute approximate surface area is 140 Å². The number of likely N-dealkylation sites (tertiary alicyclic amines) is 1. The van der Waals surface area contributed by atoms with Crippen LogP contribution in [0.5, 0.6) is 0 Å². The van der Waals surface area contributed by atoms with E-state index >= 15 is 0 Å². The normalized spacial score (nSPS) is 23.2. The van der Waals surface area contributed by atoms with Crippen LogP contribution in [-0.4, -0.2) is 60.8 Å². The molecule has 1 heterocycles. The minimum atomic E-state index is -3.20. The molecule has 0 saturated carbocycles. The number of hydrogen-bond acceptors (Lipinski definition) is 5. The molecule has 0 aliphatic carbocycles. The van der Waals surface area contributed by atoms with E-state index in [0.29, 0.717) is 19.5 Å². The second-order valence-corrected chi connectivity index (χ2v) is 11.2. The van der Waals surface area contributed by atoms with Crippen LogP contribution in [0.25, 0.3) is 0 Å². The third kappa shape index (κ3) is 5.95. The van der Waals surface area contributed by atoms with Crippen molar-refractivity contribution in [3.05, 3.63) is 0 Å². The molecule has 7 heteroatoms. The van der Waals surface area contributed by atoms with E-state index in [1.807, 2.05) is 27.7 Å². The van der Waals surface area contributed by atoms with Gasteiger partial charge < -0.3 is 14.4 Å². The van der Waals surface area contributed by atoms with Crippen LogP contribution < -0.4 is 0 Å². The Morgan fingerprint density at radius 3 is 2.22 bits per heavy atom. The molecule has 23 heavy (non-hydrogen) atoms. The molecule has 0 radical (unpaired) electrons. The molecular weight excluding hydrogens is 318 g/mol. The van der Waals surface area contributed by atoms with Crippen LogP contribution >= 0.6 is 0 Å². The lowest BCUT2D eigenvalue weighted by molar-refractivity contribution is -0.0202. The minimum absolute atomic E-state index is 0.0153. The number of amides is 1. The SMILES string of the molecule is CC(C)(C)OC(=O)N1CCC(C)(OCCS(=O)(=O)C(C)(C)C)C1. The van der Waals surface area contributed by atoms with Gasteiger partial charge in [-0.15, -0.1) is 0 Å². The molecule has 1 amide bonds. The Hall–Kier alpha value is -0.820. The Morgan fingerprint density at radius 1 is 1.17 bits per heavy atom. The van der Waals surface area contributed by atoms with Crippen LogP contribution in [0, 0.1) is 0 Å². The highest BCUT2D eigenvalue weighted by Crippen LogP contribution is 2.27. The smallest absolute Gasteiger partial charge is 0.410 e. The zero-order valence-corrected chi connectivity index (χ0v) is 16.2. The fourth-order valence-electron chi connectivity index (χ4n) is 2.24. The molecule has 136 valence electrons. The van der Waals surface area contributed by atoms with Crippen molar-refractivity contribution in [3.8, 4) is 0 Å². The van der Waals surface area contributed by atoms with Gasteiger partial charge in [-0.3, -0.25) is 0 Å². The number of ether oxygens (including phenoxy) is 2. The molecule has 1 aliphatic rings. The first-order valence-corrected chi connectivity index (χ1v) is 9.65. The van der Waals surface area contributed by atoms with Crippen molar-refractivity contribution < 1.29 is 22.7 Å². The quantitative estimate of drug-likeness (QED) is 0.780. The largest absolute Gasteiger partial charge is 0.444 e. The number of nitrogens with zero attached hydrogens (tertiary/aromatic N) is 1. The topological polar surface area (TPSA) is 72.9 Å². The third-order valence-corrected chi connectivity index (χ3v) is 6.39. The summed E-state index contributed by atoms with van der Waals surface area (Å²) in [6.07, 6.45) is 0.314. The van der Waals surface area contributed by atoms with Gasteiger partial charge in [0.15, 0.2) is 9.84 Å². The molecule has 0 bridgehead atoms. The number of carbonyl (C=O) groups excluding carboxylic acids is 1. The van der Waals surface area contributed by atoms with Crippen LogP contribution in [0.3, 0.4) is 0 Å². The second kappa shape index (κ2) is 6.59. The number of hydrogen-bond donors (Lipinski definition) is 0. The summed E-state index contributed by atoms with van der Waals surface area (Å²) in [5, 5.41) is 0. The van der Waals surface area contributed by atoms with E-state index in [9.17, 15) is 13.2 Å². The Kier molecular flexibility index (Phi) is 5.79. The average molecular weight is 349 g/mol. The maximum Gasteiger partial charge on any atom is 0.410 e. The van der Waals surface area contributed by atoms with E-state index in [1.165, 1.54) is 0 Å². The lowest BCUT2D eigenvalue weighted by atomic mass is 10.1. The summed E-state index contributed by atoms with van der Waals surface area (Å²) >= 11 is 0. The van der Waals surface area contributed by atoms with Gasteiger partial charge >= 0.3 is 6.09 Å². The zero-order valence-electron chi connectivity index (χ0n) is 15.4. The second-order valence-electron chi connectivity index (χ2n) is 8.38. The molecule has 0 aromatic heterocycles. The Morgan fingerprint density at radius 2 is 1.74 bits per heavy atom. The Balaban J connectivity index is 2.52. The summed E-state index contributed by atoms with van der Waals surface area (Å²) in [5.74, 6) is -0.0153. The molecule has 1 rings (SSSR count). The minimum Gasteiger partial charge on any atom is -0.444 e. The van der Waals surface area contributed by atoms with E-state index in [2.05, 4.69) is 0 Å². The standard InChI is InChI=1S/C16H31NO5S/c1-14(2,3)22-13(18)17-9-8-16(7,12-17)21-10-11-23(19,20)15(4,5)6/h8-12H2,1-7H3. The van der Waals surface area contributed by atoms with Crippen LogP contribution in [0.4, 0.5) is 4.79 Å². The van der Waals surface area contributed by atoms with Gasteiger partial charge in [-0.1, -0.05) is 0 Å². The van der Waals surface area contributed by atoms with Crippen molar-refractivity contribution in [1.29, 1.82) is 0 Å². The van der Waals surface area contributed by atoms with Crippen molar-refractivity contribution in [2.24, 2.45) is 0 Å². The van der Waals surface area contributed by atoms with Gasteiger partial charge in [-0.25, -0.2) is 13.2 Å². The summed E-state index contributed by atoms with van der Waals surface area (Å²) in [4.78, 5) is 13.7. The van der Waals surface area contributed by atoms with E-state index < -0.39 is 25.8 Å². The van der Waals surface area contributed by atoms with Crippen molar-refractivity contribution in [1.82, 2.24) is 4.90 Å². The molecule has 1 unspecified atom stereocenters. The molecule has 1 atom stereocenters. The number of sulfone groups is 1. The van der Waals surface area contributed by atoms with E-state index in [1.54, 1.807) is 25.7 Å². The Bertz CT molecular complexity index is 530. The van der Waals surface area contributed by atoms with Crippen LogP contribution in [-0.2, 0) is 19.3 Å². The van der Waals surface area contributed by atoms with Crippen LogP contribution in [0.2, 0.25) is 0 Å². The van der Waals surface area contributed by atoms with Gasteiger partial charge in [0.1, 0.15) is 5.60 Å². The highest BCUT2D eigenvalue weighted by Gasteiger charge is 2.39. The molecule has 1 fully saturated rings. The average Bonchev–Trinajstić information content (AvgIpc) is 2.68. The molecule has 6 nitrogen and oxygen atoms in total. The van der Waals surface area contributed by atoms with Gasteiger partial charge in [0, 0.05) is 6.54 Å². The lowest BCUT2D eigenvalue weighted by Gasteiger charge is -2.28. The lowest BCUT2D eigenvalue weighted by Crippen LogP contribution is -2.40. The van der Waals surface area contributed by atoms with Crippen molar-refractivity contribution in [2.75, 3.05) is 25.4 Å². The first-order valence-electron chi connectivity index (χ1n) is 7.99. The van der Waals surface area contributed by atoms with E-state index in [4.69, 9.17) is 9.47 Å². The molecule has 1 aliphatic heterocycles. The predicted octanol–water partition coefficient (Wildman–Crippen LogP) is 2.62. The molecule has 0 aromatic carbocycles. The van der Waals surface area contributed by atoms with Crippen LogP contribution in [0.1, 0.15) is 54.9 Å². The van der Waals surface area contributed by atoms with Gasteiger partial charge in [0.05, 0.1) is 29.3 Å². The van der Waals surface area contributed by atoms with Gasteiger partial charge in [0.2, 0.25) is 0 Å². The summed E-state index contributed by atoms with van der Waals surface area (Å²) in [6, 6.07) is 0. The first-order chi connectivity index (χ1) is 10.2. The molecular formula is C16H31NO5S. The van der Waals surface area contributed by atoms with Gasteiger partial charge in [-0.05, 0) is 54.9 Å². The molecule has 0 N–H and O–H groups in total. The summed E-state index contributed by atoms with van der Waals surface area (Å²) in [6.45, 7) is 13.5. The summed E-state index contributed by atoms with van der Waals surface area (Å²) < 4.78 is 34.6. The number of carbonyl (C=O) groups is 1. The first kappa shape index (κ1) is 20.2.